The van der Waals surface area contributed by atoms with Crippen LogP contribution in [0, 0.1) is 5.41 Å². The van der Waals surface area contributed by atoms with Crippen LogP contribution < -0.4 is 4.74 Å². The maximum absolute atomic E-state index is 12.0. The van der Waals surface area contributed by atoms with Crippen LogP contribution in [0.2, 0.25) is 0 Å². The van der Waals surface area contributed by atoms with Crippen LogP contribution in [0.15, 0.2) is 24.3 Å². The van der Waals surface area contributed by atoms with Crippen LogP contribution in [0.25, 0.3) is 0 Å². The first-order valence-electron chi connectivity index (χ1n) is 5.44. The summed E-state index contributed by atoms with van der Waals surface area (Å²) in [5.74, 6) is 0.268. The van der Waals surface area contributed by atoms with Crippen LogP contribution in [0.5, 0.6) is 5.75 Å². The second kappa shape index (κ2) is 4.98. The van der Waals surface area contributed by atoms with Gasteiger partial charge < -0.3 is 4.74 Å². The van der Waals surface area contributed by atoms with Crippen molar-refractivity contribution in [1.82, 2.24) is 0 Å². The van der Waals surface area contributed by atoms with Gasteiger partial charge in [-0.1, -0.05) is 32.9 Å². The summed E-state index contributed by atoms with van der Waals surface area (Å²) < 4.78 is 40.7. The molecule has 0 bridgehead atoms. The molecular formula is C13H17F3O. The highest BCUT2D eigenvalue weighted by Gasteiger charge is 2.28. The highest BCUT2D eigenvalue weighted by Crippen LogP contribution is 2.24. The molecule has 0 unspecified atom stereocenters. The molecule has 0 atom stereocenters. The maximum atomic E-state index is 12.0. The molecule has 1 nitrogen and oxygen atoms in total. The number of rotatable bonds is 3. The summed E-state index contributed by atoms with van der Waals surface area (Å²) in [5, 5.41) is 0. The van der Waals surface area contributed by atoms with Gasteiger partial charge in [0.25, 0.3) is 0 Å². The van der Waals surface area contributed by atoms with Gasteiger partial charge in [-0.05, 0) is 29.5 Å². The van der Waals surface area contributed by atoms with Crippen LogP contribution in [0.4, 0.5) is 13.2 Å². The van der Waals surface area contributed by atoms with Crippen molar-refractivity contribution in [2.75, 3.05) is 6.61 Å². The van der Waals surface area contributed by atoms with E-state index in [1.54, 1.807) is 12.1 Å². The molecule has 0 N–H and O–H groups in total. The van der Waals surface area contributed by atoms with Gasteiger partial charge >= 0.3 is 6.18 Å². The molecule has 0 radical (unpaired) electrons. The van der Waals surface area contributed by atoms with E-state index in [-0.39, 0.29) is 11.2 Å². The van der Waals surface area contributed by atoms with Gasteiger partial charge in [0, 0.05) is 0 Å². The summed E-state index contributed by atoms with van der Waals surface area (Å²) in [6, 6.07) is 6.81. The van der Waals surface area contributed by atoms with Crippen molar-refractivity contribution in [3.8, 4) is 5.75 Å². The molecule has 4 heteroatoms. The zero-order valence-electron chi connectivity index (χ0n) is 10.3. The van der Waals surface area contributed by atoms with Crippen molar-refractivity contribution in [3.05, 3.63) is 29.8 Å². The molecule has 17 heavy (non-hydrogen) atoms. The Morgan fingerprint density at radius 1 is 1.12 bits per heavy atom. The highest BCUT2D eigenvalue weighted by atomic mass is 19.4. The summed E-state index contributed by atoms with van der Waals surface area (Å²) >= 11 is 0. The summed E-state index contributed by atoms with van der Waals surface area (Å²) in [7, 11) is 0. The van der Waals surface area contributed by atoms with Gasteiger partial charge in [-0.15, -0.1) is 0 Å². The molecule has 0 aliphatic heterocycles. The molecule has 0 amide bonds. The Labute approximate surface area is 99.6 Å². The fourth-order valence-electron chi connectivity index (χ4n) is 1.52. The molecule has 0 aliphatic carbocycles. The first-order valence-corrected chi connectivity index (χ1v) is 5.44. The number of hydrogen-bond acceptors (Lipinski definition) is 1. The van der Waals surface area contributed by atoms with Crippen molar-refractivity contribution in [2.45, 2.75) is 33.4 Å². The van der Waals surface area contributed by atoms with E-state index in [9.17, 15) is 13.2 Å². The Bertz CT molecular complexity index is 364. The van der Waals surface area contributed by atoms with E-state index in [2.05, 4.69) is 20.8 Å². The second-order valence-electron chi connectivity index (χ2n) is 5.29. The fraction of sp³-hybridized carbons (Fsp3) is 0.538. The van der Waals surface area contributed by atoms with Crippen molar-refractivity contribution >= 4 is 0 Å². The minimum Gasteiger partial charge on any atom is -0.484 e. The topological polar surface area (TPSA) is 9.23 Å². The Morgan fingerprint density at radius 2 is 1.76 bits per heavy atom. The van der Waals surface area contributed by atoms with E-state index in [1.165, 1.54) is 6.07 Å². The molecule has 1 rings (SSSR count). The predicted octanol–water partition coefficient (Wildman–Crippen LogP) is 4.22. The Balaban J connectivity index is 2.66. The lowest BCUT2D eigenvalue weighted by Crippen LogP contribution is -2.19. The number of hydrogen-bond donors (Lipinski definition) is 0. The largest absolute Gasteiger partial charge is 0.484 e. The van der Waals surface area contributed by atoms with E-state index in [1.807, 2.05) is 6.07 Å². The molecular weight excluding hydrogens is 229 g/mol. The lowest BCUT2D eigenvalue weighted by atomic mass is 9.88. The number of benzene rings is 1. The van der Waals surface area contributed by atoms with Crippen molar-refractivity contribution in [2.24, 2.45) is 5.41 Å². The van der Waals surface area contributed by atoms with E-state index < -0.39 is 12.8 Å². The normalized spacial score (nSPS) is 12.6. The first kappa shape index (κ1) is 13.9. The van der Waals surface area contributed by atoms with Crippen LogP contribution in [-0.4, -0.2) is 12.8 Å². The molecule has 0 fully saturated rings. The Hall–Kier alpha value is -1.19. The average molecular weight is 246 g/mol. The molecule has 1 aromatic carbocycles. The molecule has 96 valence electrons. The molecule has 0 heterocycles. The maximum Gasteiger partial charge on any atom is 0.422 e. The van der Waals surface area contributed by atoms with Gasteiger partial charge in [0.05, 0.1) is 0 Å². The Kier molecular flexibility index (Phi) is 4.07. The van der Waals surface area contributed by atoms with E-state index in [0.717, 1.165) is 12.0 Å². The first-order chi connectivity index (χ1) is 7.66. The van der Waals surface area contributed by atoms with Crippen molar-refractivity contribution in [1.29, 1.82) is 0 Å². The monoisotopic (exact) mass is 246 g/mol. The molecule has 0 saturated heterocycles. The average Bonchev–Trinajstić information content (AvgIpc) is 2.11. The summed E-state index contributed by atoms with van der Waals surface area (Å²) in [4.78, 5) is 0. The highest BCUT2D eigenvalue weighted by molar-refractivity contribution is 5.29. The third kappa shape index (κ3) is 6.19. The molecule has 1 aromatic rings. The van der Waals surface area contributed by atoms with Gasteiger partial charge in [0.2, 0.25) is 0 Å². The third-order valence-corrected chi connectivity index (χ3v) is 2.04. The summed E-state index contributed by atoms with van der Waals surface area (Å²) in [5.41, 5.74) is 1.08. The number of halogens is 3. The minimum absolute atomic E-state index is 0.0999. The molecule has 0 aliphatic rings. The lowest BCUT2D eigenvalue weighted by Gasteiger charge is -2.18. The van der Waals surface area contributed by atoms with Gasteiger partial charge in [-0.3, -0.25) is 0 Å². The number of alkyl halides is 3. The quantitative estimate of drug-likeness (QED) is 0.776. The third-order valence-electron chi connectivity index (χ3n) is 2.04. The fourth-order valence-corrected chi connectivity index (χ4v) is 1.52. The van der Waals surface area contributed by atoms with Crippen molar-refractivity contribution < 1.29 is 17.9 Å². The summed E-state index contributed by atoms with van der Waals surface area (Å²) in [6.07, 6.45) is -3.49. The standard InChI is InChI=1S/C13H17F3O/c1-12(2,3)8-10-5-4-6-11(7-10)17-9-13(14,15)16/h4-7H,8-9H2,1-3H3. The number of ether oxygens (including phenoxy) is 1. The smallest absolute Gasteiger partial charge is 0.422 e. The zero-order valence-corrected chi connectivity index (χ0v) is 10.3. The zero-order chi connectivity index (χ0) is 13.1. The minimum atomic E-state index is -4.29. The lowest BCUT2D eigenvalue weighted by molar-refractivity contribution is -0.153. The van der Waals surface area contributed by atoms with Crippen molar-refractivity contribution in [3.63, 3.8) is 0 Å². The van der Waals surface area contributed by atoms with Crippen LogP contribution in [0.3, 0.4) is 0 Å². The van der Waals surface area contributed by atoms with E-state index in [0.29, 0.717) is 0 Å². The van der Waals surface area contributed by atoms with Gasteiger partial charge in [-0.2, -0.15) is 13.2 Å². The van der Waals surface area contributed by atoms with Crippen LogP contribution >= 0.6 is 0 Å². The van der Waals surface area contributed by atoms with Crippen LogP contribution in [-0.2, 0) is 6.42 Å². The van der Waals surface area contributed by atoms with Crippen LogP contribution in [0.1, 0.15) is 26.3 Å². The van der Waals surface area contributed by atoms with Gasteiger partial charge in [0.15, 0.2) is 6.61 Å². The predicted molar refractivity (Wildman–Crippen MR) is 61.2 cm³/mol. The SMILES string of the molecule is CC(C)(C)Cc1cccc(OCC(F)(F)F)c1. The Morgan fingerprint density at radius 3 is 2.29 bits per heavy atom. The van der Waals surface area contributed by atoms with Gasteiger partial charge in [-0.25, -0.2) is 0 Å². The molecule has 0 spiro atoms. The summed E-state index contributed by atoms with van der Waals surface area (Å²) in [6.45, 7) is 4.99. The van der Waals surface area contributed by atoms with Gasteiger partial charge in [0.1, 0.15) is 5.75 Å². The van der Waals surface area contributed by atoms with E-state index >= 15 is 0 Å². The molecule has 0 saturated carbocycles. The molecule has 0 aromatic heterocycles. The second-order valence-corrected chi connectivity index (χ2v) is 5.29. The van der Waals surface area contributed by atoms with E-state index in [4.69, 9.17) is 4.74 Å².